The molecule has 0 fully saturated rings. The smallest absolute Gasteiger partial charge is 0.372 e. The van der Waals surface area contributed by atoms with Crippen molar-refractivity contribution in [3.05, 3.63) is 47.4 Å². The normalized spacial score (nSPS) is 9.80. The predicted molar refractivity (Wildman–Crippen MR) is 70.7 cm³/mol. The van der Waals surface area contributed by atoms with E-state index in [0.717, 1.165) is 0 Å². The molecular weight excluding hydrogens is 260 g/mol. The van der Waals surface area contributed by atoms with Gasteiger partial charge in [-0.2, -0.15) is 5.26 Å². The molecule has 0 atom stereocenters. The van der Waals surface area contributed by atoms with E-state index in [1.54, 1.807) is 24.3 Å². The number of carbonyl (C=O) groups is 1. The molecule has 20 heavy (non-hydrogen) atoms. The van der Waals surface area contributed by atoms with E-state index in [1.807, 2.05) is 6.07 Å². The largest absolute Gasteiger partial charge is 0.495 e. The highest BCUT2D eigenvalue weighted by Crippen LogP contribution is 2.26. The van der Waals surface area contributed by atoms with Crippen LogP contribution in [0.4, 0.5) is 5.69 Å². The van der Waals surface area contributed by atoms with Gasteiger partial charge in [-0.25, -0.2) is 4.79 Å². The van der Waals surface area contributed by atoms with Gasteiger partial charge < -0.3 is 19.6 Å². The molecule has 1 aromatic carbocycles. The lowest BCUT2D eigenvalue weighted by atomic mass is 10.2. The first-order chi connectivity index (χ1) is 9.65. The molecule has 102 valence electrons. The van der Waals surface area contributed by atoms with E-state index < -0.39 is 5.97 Å². The fourth-order valence-corrected chi connectivity index (χ4v) is 1.76. The van der Waals surface area contributed by atoms with Crippen LogP contribution in [0.15, 0.2) is 34.9 Å². The fraction of sp³-hybridized carbons (Fsp3) is 0.143. The second-order valence-corrected chi connectivity index (χ2v) is 3.96. The minimum Gasteiger partial charge on any atom is -0.495 e. The highest BCUT2D eigenvalue weighted by molar-refractivity contribution is 5.86. The van der Waals surface area contributed by atoms with E-state index in [0.29, 0.717) is 22.6 Å². The topological polar surface area (TPSA) is 95.5 Å². The zero-order chi connectivity index (χ0) is 14.5. The Kier molecular flexibility index (Phi) is 3.91. The molecule has 2 rings (SSSR count). The van der Waals surface area contributed by atoms with Gasteiger partial charge in [0, 0.05) is 18.2 Å². The molecule has 0 saturated heterocycles. The highest BCUT2D eigenvalue weighted by Gasteiger charge is 2.14. The summed E-state index contributed by atoms with van der Waals surface area (Å²) in [6.07, 6.45) is 1.33. The summed E-state index contributed by atoms with van der Waals surface area (Å²) in [6.45, 7) is 0.278. The molecule has 0 spiro atoms. The Morgan fingerprint density at radius 1 is 1.50 bits per heavy atom. The van der Waals surface area contributed by atoms with Gasteiger partial charge in [0.1, 0.15) is 5.75 Å². The van der Waals surface area contributed by atoms with Crippen molar-refractivity contribution in [1.29, 1.82) is 5.26 Å². The van der Waals surface area contributed by atoms with Crippen LogP contribution in [0.25, 0.3) is 0 Å². The van der Waals surface area contributed by atoms with Crippen LogP contribution in [-0.2, 0) is 6.54 Å². The number of hydrogen-bond acceptors (Lipinski definition) is 5. The van der Waals surface area contributed by atoms with Crippen LogP contribution in [0, 0.1) is 11.3 Å². The van der Waals surface area contributed by atoms with Crippen molar-refractivity contribution in [1.82, 2.24) is 0 Å². The standard InChI is InChI=1S/C14H12N2O4/c1-19-12-6-9(7-15)2-3-11(12)16-8-10-4-5-20-13(10)14(17)18/h2-6,16H,8H2,1H3,(H,17,18). The Balaban J connectivity index is 2.17. The van der Waals surface area contributed by atoms with Gasteiger partial charge in [0.05, 0.1) is 30.7 Å². The van der Waals surface area contributed by atoms with Gasteiger partial charge in [-0.15, -0.1) is 0 Å². The number of nitrogens with zero attached hydrogens (tertiary/aromatic N) is 1. The summed E-state index contributed by atoms with van der Waals surface area (Å²) in [5, 5.41) is 20.8. The van der Waals surface area contributed by atoms with Crippen molar-refractivity contribution in [2.24, 2.45) is 0 Å². The van der Waals surface area contributed by atoms with Gasteiger partial charge >= 0.3 is 5.97 Å². The van der Waals surface area contributed by atoms with Crippen LogP contribution in [-0.4, -0.2) is 18.2 Å². The third kappa shape index (κ3) is 2.72. The van der Waals surface area contributed by atoms with Gasteiger partial charge in [-0.3, -0.25) is 0 Å². The lowest BCUT2D eigenvalue weighted by molar-refractivity contribution is 0.0661. The first-order valence-corrected chi connectivity index (χ1v) is 5.77. The minimum absolute atomic E-state index is 0.0925. The molecular formula is C14H12N2O4. The zero-order valence-corrected chi connectivity index (χ0v) is 10.7. The lowest BCUT2D eigenvalue weighted by Gasteiger charge is -2.10. The zero-order valence-electron chi connectivity index (χ0n) is 10.7. The van der Waals surface area contributed by atoms with Gasteiger partial charge in [-0.1, -0.05) is 0 Å². The van der Waals surface area contributed by atoms with Gasteiger partial charge in [0.15, 0.2) is 0 Å². The summed E-state index contributed by atoms with van der Waals surface area (Å²) in [4.78, 5) is 10.9. The number of ether oxygens (including phenoxy) is 1. The summed E-state index contributed by atoms with van der Waals surface area (Å²) in [6, 6.07) is 8.58. The molecule has 1 aromatic heterocycles. The Labute approximate surface area is 115 Å². The molecule has 1 heterocycles. The summed E-state index contributed by atoms with van der Waals surface area (Å²) in [5.41, 5.74) is 1.69. The molecule has 0 amide bonds. The Morgan fingerprint density at radius 2 is 2.30 bits per heavy atom. The summed E-state index contributed by atoms with van der Waals surface area (Å²) in [5.74, 6) is -0.687. The lowest BCUT2D eigenvalue weighted by Crippen LogP contribution is -2.05. The molecule has 6 heteroatoms. The number of nitrogens with one attached hydrogen (secondary N) is 1. The molecule has 0 radical (unpaired) electrons. The quantitative estimate of drug-likeness (QED) is 0.868. The average molecular weight is 272 g/mol. The van der Waals surface area contributed by atoms with E-state index in [2.05, 4.69) is 5.32 Å². The van der Waals surface area contributed by atoms with Crippen molar-refractivity contribution >= 4 is 11.7 Å². The number of rotatable bonds is 5. The molecule has 0 bridgehead atoms. The second-order valence-electron chi connectivity index (χ2n) is 3.96. The molecule has 0 aliphatic rings. The minimum atomic E-state index is -1.11. The van der Waals surface area contributed by atoms with Crippen LogP contribution < -0.4 is 10.1 Å². The molecule has 0 aliphatic heterocycles. The van der Waals surface area contributed by atoms with Crippen LogP contribution in [0.5, 0.6) is 5.75 Å². The van der Waals surface area contributed by atoms with Gasteiger partial charge in [0.2, 0.25) is 5.76 Å². The van der Waals surface area contributed by atoms with E-state index in [9.17, 15) is 4.79 Å². The molecule has 0 saturated carbocycles. The highest BCUT2D eigenvalue weighted by atomic mass is 16.5. The van der Waals surface area contributed by atoms with E-state index in [1.165, 1.54) is 13.4 Å². The molecule has 6 nitrogen and oxygen atoms in total. The van der Waals surface area contributed by atoms with Crippen molar-refractivity contribution in [3.63, 3.8) is 0 Å². The van der Waals surface area contributed by atoms with Crippen molar-refractivity contribution in [2.75, 3.05) is 12.4 Å². The van der Waals surface area contributed by atoms with Crippen LogP contribution in [0.2, 0.25) is 0 Å². The first-order valence-electron chi connectivity index (χ1n) is 5.77. The first kappa shape index (κ1) is 13.5. The summed E-state index contributed by atoms with van der Waals surface area (Å²) < 4.78 is 10.1. The Hall–Kier alpha value is -2.94. The van der Waals surface area contributed by atoms with E-state index >= 15 is 0 Å². The number of methoxy groups -OCH3 is 1. The van der Waals surface area contributed by atoms with Crippen LogP contribution in [0.1, 0.15) is 21.7 Å². The predicted octanol–water partition coefficient (Wildman–Crippen LogP) is 2.47. The average Bonchev–Trinajstić information content (AvgIpc) is 2.93. The van der Waals surface area contributed by atoms with E-state index in [-0.39, 0.29) is 12.3 Å². The number of aromatic carboxylic acids is 1. The fourth-order valence-electron chi connectivity index (χ4n) is 1.76. The monoisotopic (exact) mass is 272 g/mol. The van der Waals surface area contributed by atoms with Gasteiger partial charge in [0.25, 0.3) is 0 Å². The Morgan fingerprint density at radius 3 is 2.95 bits per heavy atom. The third-order valence-electron chi connectivity index (χ3n) is 2.74. The summed E-state index contributed by atoms with van der Waals surface area (Å²) in [7, 11) is 1.50. The van der Waals surface area contributed by atoms with Crippen LogP contribution >= 0.6 is 0 Å². The Bertz CT molecular complexity index is 670. The number of carboxylic acids is 1. The maximum atomic E-state index is 10.9. The van der Waals surface area contributed by atoms with E-state index in [4.69, 9.17) is 19.5 Å². The number of nitriles is 1. The van der Waals surface area contributed by atoms with Gasteiger partial charge in [-0.05, 0) is 18.2 Å². The van der Waals surface area contributed by atoms with Crippen molar-refractivity contribution in [2.45, 2.75) is 6.54 Å². The summed E-state index contributed by atoms with van der Waals surface area (Å²) >= 11 is 0. The molecule has 2 N–H and O–H groups in total. The molecule has 0 aliphatic carbocycles. The number of hydrogen-bond donors (Lipinski definition) is 2. The number of benzene rings is 1. The SMILES string of the molecule is COc1cc(C#N)ccc1NCc1ccoc1C(=O)O. The van der Waals surface area contributed by atoms with Crippen molar-refractivity contribution < 1.29 is 19.1 Å². The number of carboxylic acid groups (broad SMARTS) is 1. The van der Waals surface area contributed by atoms with Crippen molar-refractivity contribution in [3.8, 4) is 11.8 Å². The number of furan rings is 1. The second kappa shape index (κ2) is 5.80. The maximum absolute atomic E-state index is 10.9. The maximum Gasteiger partial charge on any atom is 0.372 e. The third-order valence-corrected chi connectivity index (χ3v) is 2.74. The molecule has 2 aromatic rings. The number of anilines is 1. The molecule has 0 unspecified atom stereocenters. The van der Waals surface area contributed by atoms with Crippen LogP contribution in [0.3, 0.4) is 0 Å².